The van der Waals surface area contributed by atoms with Crippen LogP contribution in [0.3, 0.4) is 0 Å². The predicted molar refractivity (Wildman–Crippen MR) is 66.9 cm³/mol. The van der Waals surface area contributed by atoms with E-state index >= 15 is 0 Å². The van der Waals surface area contributed by atoms with E-state index in [0.717, 1.165) is 25.8 Å². The standard InChI is InChI=1S/C14H20FNO/c1-3-16-11-7-5-8-12(11)17-13-9-4-6-10(2)14(13)15/h4,6,9,11-12,16H,3,5,7-8H2,1-2H3. The number of ether oxygens (including phenoxy) is 1. The summed E-state index contributed by atoms with van der Waals surface area (Å²) in [5.74, 6) is 0.162. The molecule has 1 aliphatic rings. The SMILES string of the molecule is CCNC1CCCC1Oc1cccc(C)c1F. The lowest BCUT2D eigenvalue weighted by Crippen LogP contribution is -2.38. The summed E-state index contributed by atoms with van der Waals surface area (Å²) in [4.78, 5) is 0. The number of hydrogen-bond acceptors (Lipinski definition) is 2. The van der Waals surface area contributed by atoms with Gasteiger partial charge in [-0.15, -0.1) is 0 Å². The van der Waals surface area contributed by atoms with Crippen LogP contribution in [0.4, 0.5) is 4.39 Å². The highest BCUT2D eigenvalue weighted by molar-refractivity contribution is 5.30. The molecule has 3 heteroatoms. The van der Waals surface area contributed by atoms with Crippen molar-refractivity contribution >= 4 is 0 Å². The van der Waals surface area contributed by atoms with Gasteiger partial charge in [-0.05, 0) is 44.4 Å². The van der Waals surface area contributed by atoms with Crippen molar-refractivity contribution in [3.05, 3.63) is 29.6 Å². The van der Waals surface area contributed by atoms with E-state index < -0.39 is 0 Å². The minimum Gasteiger partial charge on any atom is -0.486 e. The quantitative estimate of drug-likeness (QED) is 0.869. The highest BCUT2D eigenvalue weighted by atomic mass is 19.1. The number of aryl methyl sites for hydroxylation is 1. The van der Waals surface area contributed by atoms with E-state index in [9.17, 15) is 4.39 Å². The first kappa shape index (κ1) is 12.4. The van der Waals surface area contributed by atoms with Gasteiger partial charge in [-0.2, -0.15) is 0 Å². The van der Waals surface area contributed by atoms with Crippen molar-refractivity contribution in [1.82, 2.24) is 5.32 Å². The molecule has 0 bridgehead atoms. The Morgan fingerprint density at radius 1 is 1.41 bits per heavy atom. The summed E-state index contributed by atoms with van der Waals surface area (Å²) in [6.45, 7) is 4.78. The van der Waals surface area contributed by atoms with Gasteiger partial charge in [0.2, 0.25) is 0 Å². The van der Waals surface area contributed by atoms with Crippen molar-refractivity contribution in [1.29, 1.82) is 0 Å². The maximum Gasteiger partial charge on any atom is 0.167 e. The van der Waals surface area contributed by atoms with Crippen LogP contribution in [-0.2, 0) is 0 Å². The minimum atomic E-state index is -0.227. The normalized spacial score (nSPS) is 23.9. The van der Waals surface area contributed by atoms with Crippen LogP contribution in [0.1, 0.15) is 31.7 Å². The number of benzene rings is 1. The summed E-state index contributed by atoms with van der Waals surface area (Å²) in [5, 5.41) is 3.40. The molecule has 2 nitrogen and oxygen atoms in total. The summed E-state index contributed by atoms with van der Waals surface area (Å²) in [6.07, 6.45) is 3.37. The van der Waals surface area contributed by atoms with Gasteiger partial charge in [-0.3, -0.25) is 0 Å². The molecule has 0 radical (unpaired) electrons. The van der Waals surface area contributed by atoms with Gasteiger partial charge in [0.25, 0.3) is 0 Å². The molecule has 0 aromatic heterocycles. The Bertz CT molecular complexity index is 380. The zero-order valence-corrected chi connectivity index (χ0v) is 10.5. The van der Waals surface area contributed by atoms with Gasteiger partial charge in [-0.1, -0.05) is 19.1 Å². The fourth-order valence-electron chi connectivity index (χ4n) is 2.44. The van der Waals surface area contributed by atoms with Crippen molar-refractivity contribution in [3.8, 4) is 5.75 Å². The highest BCUT2D eigenvalue weighted by Crippen LogP contribution is 2.27. The van der Waals surface area contributed by atoms with E-state index in [-0.39, 0.29) is 11.9 Å². The number of likely N-dealkylation sites (N-methyl/N-ethyl adjacent to an activating group) is 1. The minimum absolute atomic E-state index is 0.103. The molecule has 0 spiro atoms. The van der Waals surface area contributed by atoms with Crippen molar-refractivity contribution in [3.63, 3.8) is 0 Å². The van der Waals surface area contributed by atoms with Gasteiger partial charge < -0.3 is 10.1 Å². The van der Waals surface area contributed by atoms with Crippen LogP contribution in [0.25, 0.3) is 0 Å². The zero-order chi connectivity index (χ0) is 12.3. The van der Waals surface area contributed by atoms with Crippen LogP contribution in [0.5, 0.6) is 5.75 Å². The Labute approximate surface area is 102 Å². The fourth-order valence-corrected chi connectivity index (χ4v) is 2.44. The molecule has 17 heavy (non-hydrogen) atoms. The van der Waals surface area contributed by atoms with Crippen LogP contribution < -0.4 is 10.1 Å². The van der Waals surface area contributed by atoms with Crippen LogP contribution in [0, 0.1) is 12.7 Å². The predicted octanol–water partition coefficient (Wildman–Crippen LogP) is 3.04. The number of halogens is 1. The molecule has 1 fully saturated rings. The third-order valence-electron chi connectivity index (χ3n) is 3.35. The number of rotatable bonds is 4. The Hall–Kier alpha value is -1.09. The lowest BCUT2D eigenvalue weighted by atomic mass is 10.2. The third-order valence-corrected chi connectivity index (χ3v) is 3.35. The number of hydrogen-bond donors (Lipinski definition) is 1. The van der Waals surface area contributed by atoms with E-state index in [2.05, 4.69) is 12.2 Å². The molecule has 1 aromatic carbocycles. The van der Waals surface area contributed by atoms with Gasteiger partial charge in [0, 0.05) is 6.04 Å². The number of nitrogens with one attached hydrogen (secondary N) is 1. The molecule has 2 atom stereocenters. The van der Waals surface area contributed by atoms with E-state index in [1.54, 1.807) is 19.1 Å². The molecular formula is C14H20FNO. The molecule has 0 amide bonds. The maximum atomic E-state index is 13.8. The molecule has 2 unspecified atom stereocenters. The van der Waals surface area contributed by atoms with Crippen LogP contribution >= 0.6 is 0 Å². The van der Waals surface area contributed by atoms with Gasteiger partial charge in [0.1, 0.15) is 6.10 Å². The summed E-state index contributed by atoms with van der Waals surface area (Å²) < 4.78 is 19.6. The van der Waals surface area contributed by atoms with Crippen LogP contribution in [0.15, 0.2) is 18.2 Å². The average Bonchev–Trinajstić information content (AvgIpc) is 2.73. The monoisotopic (exact) mass is 237 g/mol. The van der Waals surface area contributed by atoms with Gasteiger partial charge in [0.15, 0.2) is 11.6 Å². The Kier molecular flexibility index (Phi) is 4.00. The van der Waals surface area contributed by atoms with Crippen LogP contribution in [-0.4, -0.2) is 18.7 Å². The van der Waals surface area contributed by atoms with Crippen molar-refractivity contribution in [2.75, 3.05) is 6.54 Å². The smallest absolute Gasteiger partial charge is 0.167 e. The molecule has 0 aliphatic heterocycles. The Morgan fingerprint density at radius 2 is 2.24 bits per heavy atom. The van der Waals surface area contributed by atoms with E-state index in [0.29, 0.717) is 17.4 Å². The lowest BCUT2D eigenvalue weighted by molar-refractivity contribution is 0.168. The fraction of sp³-hybridized carbons (Fsp3) is 0.571. The highest BCUT2D eigenvalue weighted by Gasteiger charge is 2.28. The van der Waals surface area contributed by atoms with Crippen molar-refractivity contribution < 1.29 is 9.13 Å². The molecule has 1 saturated carbocycles. The maximum absolute atomic E-state index is 13.8. The second-order valence-corrected chi connectivity index (χ2v) is 4.64. The van der Waals surface area contributed by atoms with Gasteiger partial charge in [0.05, 0.1) is 0 Å². The van der Waals surface area contributed by atoms with Crippen molar-refractivity contribution in [2.24, 2.45) is 0 Å². The molecule has 0 saturated heterocycles. The zero-order valence-electron chi connectivity index (χ0n) is 10.5. The second-order valence-electron chi connectivity index (χ2n) is 4.64. The molecule has 94 valence electrons. The summed E-state index contributed by atoms with van der Waals surface area (Å²) in [5.41, 5.74) is 0.639. The Balaban J connectivity index is 2.07. The lowest BCUT2D eigenvalue weighted by Gasteiger charge is -2.22. The first-order valence-electron chi connectivity index (χ1n) is 6.37. The van der Waals surface area contributed by atoms with E-state index in [1.165, 1.54) is 0 Å². The Morgan fingerprint density at radius 3 is 3.00 bits per heavy atom. The summed E-state index contributed by atoms with van der Waals surface area (Å²) >= 11 is 0. The van der Waals surface area contributed by atoms with Gasteiger partial charge in [-0.25, -0.2) is 4.39 Å². The van der Waals surface area contributed by atoms with E-state index in [4.69, 9.17) is 4.74 Å². The molecular weight excluding hydrogens is 217 g/mol. The second kappa shape index (κ2) is 5.50. The van der Waals surface area contributed by atoms with Gasteiger partial charge >= 0.3 is 0 Å². The average molecular weight is 237 g/mol. The molecule has 1 aliphatic carbocycles. The topological polar surface area (TPSA) is 21.3 Å². The largest absolute Gasteiger partial charge is 0.486 e. The molecule has 2 rings (SSSR count). The summed E-state index contributed by atoms with van der Waals surface area (Å²) in [7, 11) is 0. The van der Waals surface area contributed by atoms with Crippen LogP contribution in [0.2, 0.25) is 0 Å². The molecule has 0 heterocycles. The third kappa shape index (κ3) is 2.78. The first-order chi connectivity index (χ1) is 8.22. The first-order valence-corrected chi connectivity index (χ1v) is 6.37. The summed E-state index contributed by atoms with van der Waals surface area (Å²) in [6, 6.07) is 5.67. The molecule has 1 N–H and O–H groups in total. The van der Waals surface area contributed by atoms with E-state index in [1.807, 2.05) is 6.07 Å². The van der Waals surface area contributed by atoms with Crippen molar-refractivity contribution in [2.45, 2.75) is 45.3 Å². The molecule has 1 aromatic rings.